The molecular weight excluding hydrogens is 693 g/mol. The minimum Gasteiger partial charge on any atom is -0.135 e. The molecule has 0 amide bonds. The van der Waals surface area contributed by atoms with Gasteiger partial charge >= 0.3 is 0 Å². The third-order valence-corrected chi connectivity index (χ3v) is 14.2. The summed E-state index contributed by atoms with van der Waals surface area (Å²) >= 11 is 1.92. The van der Waals surface area contributed by atoms with Crippen LogP contribution in [-0.2, 0) is 5.41 Å². The van der Waals surface area contributed by atoms with Crippen molar-refractivity contribution in [1.82, 2.24) is 0 Å². The molecule has 0 spiro atoms. The maximum atomic E-state index is 2.46. The van der Waals surface area contributed by atoms with Gasteiger partial charge in [0.1, 0.15) is 0 Å². The van der Waals surface area contributed by atoms with E-state index in [2.05, 4.69) is 190 Å². The summed E-state index contributed by atoms with van der Waals surface area (Å²) in [4.78, 5) is 0. The minimum atomic E-state index is -0.0517. The average molecular weight is 731 g/mol. The molecule has 1 heteroatoms. The molecule has 0 bridgehead atoms. The van der Waals surface area contributed by atoms with Gasteiger partial charge in [-0.2, -0.15) is 0 Å². The van der Waals surface area contributed by atoms with Crippen molar-refractivity contribution in [2.75, 3.05) is 0 Å². The molecule has 0 radical (unpaired) electrons. The van der Waals surface area contributed by atoms with Crippen molar-refractivity contribution >= 4 is 80.2 Å². The summed E-state index contributed by atoms with van der Waals surface area (Å²) in [7, 11) is 0. The van der Waals surface area contributed by atoms with Gasteiger partial charge in [0, 0.05) is 31.5 Å². The highest BCUT2D eigenvalue weighted by Gasteiger charge is 2.44. The van der Waals surface area contributed by atoms with Crippen molar-refractivity contribution in [3.05, 3.63) is 198 Å². The van der Waals surface area contributed by atoms with E-state index in [0.29, 0.717) is 5.92 Å². The Morgan fingerprint density at radius 3 is 1.77 bits per heavy atom. The first kappa shape index (κ1) is 32.0. The van der Waals surface area contributed by atoms with Gasteiger partial charge in [-0.05, 0) is 112 Å². The molecule has 12 rings (SSSR count). The summed E-state index contributed by atoms with van der Waals surface area (Å²) in [6.45, 7) is 4.91. The van der Waals surface area contributed by atoms with E-state index in [0.717, 1.165) is 6.42 Å². The van der Waals surface area contributed by atoms with E-state index < -0.39 is 0 Å². The maximum absolute atomic E-state index is 2.46. The van der Waals surface area contributed by atoms with Crippen LogP contribution in [-0.4, -0.2) is 0 Å². The second-order valence-corrected chi connectivity index (χ2v) is 17.4. The standard InChI is InChI=1S/C55H38S/c1-55(2)47-29-26-38(32-46(47)44-28-25-36-27-30-49-53(52(36)54(44)55)45-17-9-10-18-48(45)56-49)34-19-22-35(23-20-34)50-40-13-5-7-15-42(40)51(43-16-8-6-14-41(43)50)39-24-21-33-11-3-4-12-37(33)31-39/h3-31,46H,32H2,1-2H3. The normalized spacial score (nSPS) is 16.1. The van der Waals surface area contributed by atoms with Crippen LogP contribution in [0.5, 0.6) is 0 Å². The fourth-order valence-electron chi connectivity index (χ4n) is 10.5. The third kappa shape index (κ3) is 4.53. The van der Waals surface area contributed by atoms with Crippen molar-refractivity contribution in [2.24, 2.45) is 0 Å². The number of rotatable bonds is 3. The Kier molecular flexibility index (Phi) is 6.78. The van der Waals surface area contributed by atoms with Gasteiger partial charge in [-0.1, -0.05) is 177 Å². The van der Waals surface area contributed by atoms with Crippen LogP contribution >= 0.6 is 11.3 Å². The molecule has 0 aliphatic heterocycles. The number of benzene rings is 9. The van der Waals surface area contributed by atoms with Crippen LogP contribution in [0, 0.1) is 0 Å². The molecule has 9 aromatic carbocycles. The number of allylic oxidation sites excluding steroid dienone is 4. The Hall–Kier alpha value is -6.28. The van der Waals surface area contributed by atoms with Gasteiger partial charge in [0.2, 0.25) is 0 Å². The quantitative estimate of drug-likeness (QED) is 0.159. The molecule has 0 N–H and O–H groups in total. The predicted molar refractivity (Wildman–Crippen MR) is 243 cm³/mol. The van der Waals surface area contributed by atoms with Gasteiger partial charge in [0.25, 0.3) is 0 Å². The first-order chi connectivity index (χ1) is 27.5. The second kappa shape index (κ2) is 11.9. The predicted octanol–water partition coefficient (Wildman–Crippen LogP) is 15.8. The lowest BCUT2D eigenvalue weighted by atomic mass is 9.76. The van der Waals surface area contributed by atoms with Gasteiger partial charge in [-0.3, -0.25) is 0 Å². The lowest BCUT2D eigenvalue weighted by Gasteiger charge is -2.28. The Bertz CT molecular complexity index is 3290. The number of hydrogen-bond acceptors (Lipinski definition) is 1. The Balaban J connectivity index is 0.958. The van der Waals surface area contributed by atoms with Gasteiger partial charge in [-0.15, -0.1) is 11.3 Å². The molecule has 1 aromatic heterocycles. The first-order valence-electron chi connectivity index (χ1n) is 19.8. The van der Waals surface area contributed by atoms with E-state index in [1.807, 2.05) is 11.3 Å². The fourth-order valence-corrected chi connectivity index (χ4v) is 11.7. The van der Waals surface area contributed by atoms with E-state index in [9.17, 15) is 0 Å². The zero-order valence-electron chi connectivity index (χ0n) is 31.4. The fraction of sp³-hybridized carbons (Fsp3) is 0.0909. The van der Waals surface area contributed by atoms with E-state index >= 15 is 0 Å². The van der Waals surface area contributed by atoms with Crippen LogP contribution in [0.4, 0.5) is 0 Å². The summed E-state index contributed by atoms with van der Waals surface area (Å²) < 4.78 is 2.75. The zero-order valence-corrected chi connectivity index (χ0v) is 32.3. The van der Waals surface area contributed by atoms with Crippen molar-refractivity contribution in [3.8, 4) is 22.3 Å². The molecule has 0 fully saturated rings. The van der Waals surface area contributed by atoms with Crippen LogP contribution in [0.25, 0.3) is 91.1 Å². The molecule has 56 heavy (non-hydrogen) atoms. The Morgan fingerprint density at radius 2 is 1.04 bits per heavy atom. The SMILES string of the molecule is CC1(C)C2=CC=C(c3ccc(-c4c5ccccc5c(-c5ccc6ccccc6c5)c5ccccc45)cc3)CC2c2ccc3ccc4sc5ccccc5c4c3c21. The molecule has 1 heterocycles. The highest BCUT2D eigenvalue weighted by Crippen LogP contribution is 2.58. The molecule has 0 saturated heterocycles. The topological polar surface area (TPSA) is 0 Å². The third-order valence-electron chi connectivity index (χ3n) is 13.1. The van der Waals surface area contributed by atoms with Crippen molar-refractivity contribution in [1.29, 1.82) is 0 Å². The summed E-state index contributed by atoms with van der Waals surface area (Å²) in [6.07, 6.45) is 5.89. The largest absolute Gasteiger partial charge is 0.135 e. The van der Waals surface area contributed by atoms with Crippen LogP contribution in [0.2, 0.25) is 0 Å². The van der Waals surface area contributed by atoms with Gasteiger partial charge in [-0.25, -0.2) is 0 Å². The van der Waals surface area contributed by atoms with Gasteiger partial charge < -0.3 is 0 Å². The molecule has 2 aliphatic carbocycles. The second-order valence-electron chi connectivity index (χ2n) is 16.3. The smallest absolute Gasteiger partial charge is 0.0361 e. The van der Waals surface area contributed by atoms with Crippen LogP contribution in [0.1, 0.15) is 42.9 Å². The molecule has 2 aliphatic rings. The summed E-state index contributed by atoms with van der Waals surface area (Å²) in [6, 6.07) is 61.4. The van der Waals surface area contributed by atoms with E-state index in [1.54, 1.807) is 5.57 Å². The minimum absolute atomic E-state index is 0.0517. The van der Waals surface area contributed by atoms with Crippen molar-refractivity contribution < 1.29 is 0 Å². The molecule has 0 nitrogen and oxygen atoms in total. The molecule has 1 unspecified atom stereocenters. The zero-order chi connectivity index (χ0) is 37.1. The Labute approximate surface area is 330 Å². The van der Waals surface area contributed by atoms with Gasteiger partial charge in [0.05, 0.1) is 0 Å². The summed E-state index contributed by atoms with van der Waals surface area (Å²) in [5.41, 5.74) is 12.4. The van der Waals surface area contributed by atoms with Crippen LogP contribution < -0.4 is 0 Å². The molecule has 0 saturated carbocycles. The maximum Gasteiger partial charge on any atom is 0.0361 e. The van der Waals surface area contributed by atoms with Crippen LogP contribution in [0.15, 0.2) is 182 Å². The summed E-state index contributed by atoms with van der Waals surface area (Å²) in [5, 5.41) is 13.3. The van der Waals surface area contributed by atoms with E-state index in [1.165, 1.54) is 108 Å². The first-order valence-corrected chi connectivity index (χ1v) is 20.7. The molecule has 1 atom stereocenters. The van der Waals surface area contributed by atoms with Gasteiger partial charge in [0.15, 0.2) is 0 Å². The highest BCUT2D eigenvalue weighted by atomic mass is 32.1. The van der Waals surface area contributed by atoms with E-state index in [4.69, 9.17) is 0 Å². The van der Waals surface area contributed by atoms with Crippen molar-refractivity contribution in [2.45, 2.75) is 31.6 Å². The molecular formula is C55H38S. The number of fused-ring (bicyclic) bond motifs is 12. The highest BCUT2D eigenvalue weighted by molar-refractivity contribution is 7.26. The van der Waals surface area contributed by atoms with Crippen LogP contribution in [0.3, 0.4) is 0 Å². The monoisotopic (exact) mass is 730 g/mol. The Morgan fingerprint density at radius 1 is 0.464 bits per heavy atom. The number of thiophene rings is 1. The lowest BCUT2D eigenvalue weighted by Crippen LogP contribution is -2.18. The lowest BCUT2D eigenvalue weighted by molar-refractivity contribution is 0.618. The average Bonchev–Trinajstić information content (AvgIpc) is 3.74. The van der Waals surface area contributed by atoms with Crippen molar-refractivity contribution in [3.63, 3.8) is 0 Å². The van der Waals surface area contributed by atoms with E-state index in [-0.39, 0.29) is 5.41 Å². The molecule has 264 valence electrons. The number of hydrogen-bond donors (Lipinski definition) is 0. The molecule has 10 aromatic rings. The summed E-state index contributed by atoms with van der Waals surface area (Å²) in [5.74, 6) is 0.375.